The Morgan fingerprint density at radius 2 is 2.00 bits per heavy atom. The average Bonchev–Trinajstić information content (AvgIpc) is 2.89. The molecule has 3 rings (SSSR count). The van der Waals surface area contributed by atoms with E-state index in [0.29, 0.717) is 24.7 Å². The first-order chi connectivity index (χ1) is 9.99. The van der Waals surface area contributed by atoms with Crippen molar-refractivity contribution in [3.05, 3.63) is 34.9 Å². The van der Waals surface area contributed by atoms with E-state index in [9.17, 15) is 8.42 Å². The van der Waals surface area contributed by atoms with E-state index in [1.165, 1.54) is 0 Å². The summed E-state index contributed by atoms with van der Waals surface area (Å²) in [6.07, 6.45) is 2.96. The predicted octanol–water partition coefficient (Wildman–Crippen LogP) is 2.67. The molecule has 1 aromatic carbocycles. The van der Waals surface area contributed by atoms with Crippen LogP contribution >= 0.6 is 11.6 Å². The minimum Gasteiger partial charge on any atom is -0.381 e. The van der Waals surface area contributed by atoms with Crippen LogP contribution in [0.2, 0.25) is 5.02 Å². The minimum absolute atomic E-state index is 0.0428. The van der Waals surface area contributed by atoms with Gasteiger partial charge in [-0.15, -0.1) is 0 Å². The van der Waals surface area contributed by atoms with E-state index in [0.717, 1.165) is 31.4 Å². The first-order valence-corrected chi connectivity index (χ1v) is 9.28. The highest BCUT2D eigenvalue weighted by molar-refractivity contribution is 7.88. The largest absolute Gasteiger partial charge is 0.381 e. The number of benzene rings is 1. The van der Waals surface area contributed by atoms with Crippen molar-refractivity contribution in [3.8, 4) is 0 Å². The summed E-state index contributed by atoms with van der Waals surface area (Å²) in [6.45, 7) is 2.67. The van der Waals surface area contributed by atoms with Crippen LogP contribution in [0.1, 0.15) is 24.8 Å². The molecular weight excluding hydrogens is 310 g/mol. The lowest BCUT2D eigenvalue weighted by molar-refractivity contribution is 0.105. The van der Waals surface area contributed by atoms with Gasteiger partial charge in [0.1, 0.15) is 0 Å². The SMILES string of the molecule is O=S(=O)(Cc1ccc(Cl)cc1)N1CCC[C@@]2(CCOC2)C1. The van der Waals surface area contributed by atoms with Crippen LogP contribution in [0.25, 0.3) is 0 Å². The molecule has 0 N–H and O–H groups in total. The molecule has 4 nitrogen and oxygen atoms in total. The molecule has 2 aliphatic rings. The van der Waals surface area contributed by atoms with E-state index in [-0.39, 0.29) is 11.2 Å². The van der Waals surface area contributed by atoms with Gasteiger partial charge in [-0.1, -0.05) is 23.7 Å². The van der Waals surface area contributed by atoms with E-state index in [2.05, 4.69) is 0 Å². The molecule has 0 aliphatic carbocycles. The number of rotatable bonds is 3. The lowest BCUT2D eigenvalue weighted by Crippen LogP contribution is -2.46. The van der Waals surface area contributed by atoms with Crippen molar-refractivity contribution in [1.82, 2.24) is 4.31 Å². The summed E-state index contributed by atoms with van der Waals surface area (Å²) in [5.41, 5.74) is 0.826. The summed E-state index contributed by atoms with van der Waals surface area (Å²) in [7, 11) is -3.28. The quantitative estimate of drug-likeness (QED) is 0.856. The van der Waals surface area contributed by atoms with E-state index in [4.69, 9.17) is 16.3 Å². The topological polar surface area (TPSA) is 46.6 Å². The zero-order valence-corrected chi connectivity index (χ0v) is 13.5. The second kappa shape index (κ2) is 5.88. The Balaban J connectivity index is 1.73. The van der Waals surface area contributed by atoms with E-state index >= 15 is 0 Å². The van der Waals surface area contributed by atoms with Crippen LogP contribution in [0, 0.1) is 5.41 Å². The van der Waals surface area contributed by atoms with Crippen molar-refractivity contribution in [2.75, 3.05) is 26.3 Å². The zero-order valence-electron chi connectivity index (χ0n) is 11.9. The Labute approximate surface area is 131 Å². The van der Waals surface area contributed by atoms with Gasteiger partial charge in [0.05, 0.1) is 12.4 Å². The first-order valence-electron chi connectivity index (χ1n) is 7.29. The summed E-state index contributed by atoms with van der Waals surface area (Å²) >= 11 is 5.84. The van der Waals surface area contributed by atoms with Gasteiger partial charge in [0.25, 0.3) is 0 Å². The maximum Gasteiger partial charge on any atom is 0.218 e. The molecule has 1 spiro atoms. The molecule has 1 aromatic rings. The first kappa shape index (κ1) is 15.3. The van der Waals surface area contributed by atoms with E-state index in [1.807, 2.05) is 0 Å². The number of hydrogen-bond donors (Lipinski definition) is 0. The molecular formula is C15H20ClNO3S. The highest BCUT2D eigenvalue weighted by Crippen LogP contribution is 2.38. The van der Waals surface area contributed by atoms with Crippen molar-refractivity contribution in [1.29, 1.82) is 0 Å². The maximum atomic E-state index is 12.6. The van der Waals surface area contributed by atoms with Crippen LogP contribution < -0.4 is 0 Å². The van der Waals surface area contributed by atoms with Gasteiger partial charge in [0.2, 0.25) is 10.0 Å². The normalized spacial score (nSPS) is 27.3. The van der Waals surface area contributed by atoms with Crippen molar-refractivity contribution >= 4 is 21.6 Å². The molecule has 0 unspecified atom stereocenters. The molecule has 21 heavy (non-hydrogen) atoms. The number of nitrogens with zero attached hydrogens (tertiary/aromatic N) is 1. The Kier molecular flexibility index (Phi) is 4.28. The molecule has 116 valence electrons. The highest BCUT2D eigenvalue weighted by Gasteiger charge is 2.42. The third kappa shape index (κ3) is 3.42. The minimum atomic E-state index is -3.28. The summed E-state index contributed by atoms with van der Waals surface area (Å²) < 4.78 is 32.4. The Morgan fingerprint density at radius 3 is 2.67 bits per heavy atom. The van der Waals surface area contributed by atoms with Crippen LogP contribution in [0.4, 0.5) is 0 Å². The predicted molar refractivity (Wildman–Crippen MR) is 82.8 cm³/mol. The number of piperidine rings is 1. The molecule has 2 fully saturated rings. The van der Waals surface area contributed by atoms with E-state index in [1.54, 1.807) is 28.6 Å². The molecule has 0 bridgehead atoms. The standard InChI is InChI=1S/C15H20ClNO3S/c16-14-4-2-13(3-5-14)10-21(18,19)17-8-1-6-15(11-17)7-9-20-12-15/h2-5H,1,6-12H2/t15-/m1/s1. The number of halogens is 1. The number of sulfonamides is 1. The molecule has 2 aliphatic heterocycles. The number of hydrogen-bond acceptors (Lipinski definition) is 3. The van der Waals surface area contributed by atoms with Crippen LogP contribution in [0.3, 0.4) is 0 Å². The van der Waals surface area contributed by atoms with Gasteiger partial charge in [0.15, 0.2) is 0 Å². The third-order valence-electron chi connectivity index (χ3n) is 4.47. The summed E-state index contributed by atoms with van der Waals surface area (Å²) in [6, 6.07) is 7.01. The smallest absolute Gasteiger partial charge is 0.218 e. The highest BCUT2D eigenvalue weighted by atomic mass is 35.5. The van der Waals surface area contributed by atoms with Crippen LogP contribution in [-0.2, 0) is 20.5 Å². The van der Waals surface area contributed by atoms with E-state index < -0.39 is 10.0 Å². The summed E-state index contributed by atoms with van der Waals surface area (Å²) in [5.74, 6) is 0.0428. The second-order valence-corrected chi connectivity index (χ2v) is 8.53. The second-order valence-electron chi connectivity index (χ2n) is 6.12. The fourth-order valence-electron chi connectivity index (χ4n) is 3.25. The van der Waals surface area contributed by atoms with Gasteiger partial charge in [-0.05, 0) is 37.0 Å². The lowest BCUT2D eigenvalue weighted by Gasteiger charge is -2.38. The monoisotopic (exact) mass is 329 g/mol. The molecule has 6 heteroatoms. The van der Waals surface area contributed by atoms with Gasteiger partial charge in [-0.25, -0.2) is 12.7 Å². The lowest BCUT2D eigenvalue weighted by atomic mass is 9.80. The number of ether oxygens (including phenoxy) is 1. The van der Waals surface area contributed by atoms with Crippen LogP contribution in [-0.4, -0.2) is 39.0 Å². The molecule has 0 saturated carbocycles. The molecule has 0 amide bonds. The fourth-order valence-corrected chi connectivity index (χ4v) is 5.05. The van der Waals surface area contributed by atoms with Crippen molar-refractivity contribution in [2.45, 2.75) is 25.0 Å². The zero-order chi connectivity index (χ0) is 14.9. The molecule has 0 radical (unpaired) electrons. The van der Waals surface area contributed by atoms with Gasteiger partial charge in [-0.2, -0.15) is 0 Å². The average molecular weight is 330 g/mol. The van der Waals surface area contributed by atoms with Gasteiger partial charge in [0, 0.05) is 30.1 Å². The van der Waals surface area contributed by atoms with Gasteiger partial charge in [-0.3, -0.25) is 0 Å². The maximum absolute atomic E-state index is 12.6. The van der Waals surface area contributed by atoms with Crippen molar-refractivity contribution < 1.29 is 13.2 Å². The van der Waals surface area contributed by atoms with Gasteiger partial charge >= 0.3 is 0 Å². The molecule has 0 aromatic heterocycles. The van der Waals surface area contributed by atoms with Crippen molar-refractivity contribution in [3.63, 3.8) is 0 Å². The fraction of sp³-hybridized carbons (Fsp3) is 0.600. The molecule has 1 atom stereocenters. The Hall–Kier alpha value is -0.620. The molecule has 2 saturated heterocycles. The molecule has 2 heterocycles. The van der Waals surface area contributed by atoms with Crippen LogP contribution in [0.5, 0.6) is 0 Å². The Bertz CT molecular complexity index is 594. The Morgan fingerprint density at radius 1 is 1.24 bits per heavy atom. The van der Waals surface area contributed by atoms with Gasteiger partial charge < -0.3 is 4.74 Å². The summed E-state index contributed by atoms with van der Waals surface area (Å²) in [4.78, 5) is 0. The van der Waals surface area contributed by atoms with Crippen molar-refractivity contribution in [2.24, 2.45) is 5.41 Å². The third-order valence-corrected chi connectivity index (χ3v) is 6.52. The summed E-state index contributed by atoms with van der Waals surface area (Å²) in [5, 5.41) is 0.621. The van der Waals surface area contributed by atoms with Crippen LogP contribution in [0.15, 0.2) is 24.3 Å².